The summed E-state index contributed by atoms with van der Waals surface area (Å²) in [5, 5.41) is 18.7. The van der Waals surface area contributed by atoms with Crippen LogP contribution in [0, 0.1) is 0 Å². The van der Waals surface area contributed by atoms with E-state index in [1.807, 2.05) is 18.4 Å². The summed E-state index contributed by atoms with van der Waals surface area (Å²) in [5.74, 6) is -0.548. The molecule has 1 aliphatic heterocycles. The molecule has 0 bridgehead atoms. The Bertz CT molecular complexity index is 502. The number of carboxylic acids is 1. The van der Waals surface area contributed by atoms with Gasteiger partial charge >= 0.3 is 5.97 Å². The van der Waals surface area contributed by atoms with E-state index in [0.29, 0.717) is 5.56 Å². The zero-order valence-electron chi connectivity index (χ0n) is 11.2. The molecule has 1 fully saturated rings. The number of carboxylic acid groups (broad SMARTS) is 1. The fourth-order valence-electron chi connectivity index (χ4n) is 2.35. The Hall–Kier alpha value is -1.53. The molecule has 0 radical (unpaired) electrons. The van der Waals surface area contributed by atoms with Gasteiger partial charge in [-0.3, -0.25) is 4.79 Å². The summed E-state index contributed by atoms with van der Waals surface area (Å²) in [6.45, 7) is 0.0718. The highest BCUT2D eigenvalue weighted by Crippen LogP contribution is 2.21. The second-order valence-corrected chi connectivity index (χ2v) is 5.70. The van der Waals surface area contributed by atoms with Crippen molar-refractivity contribution in [3.8, 4) is 0 Å². The Balaban J connectivity index is 2.15. The molecule has 0 aliphatic carbocycles. The van der Waals surface area contributed by atoms with Gasteiger partial charge in [-0.25, -0.2) is 4.79 Å². The first-order valence-corrected chi connectivity index (χ1v) is 7.72. The van der Waals surface area contributed by atoms with Crippen LogP contribution in [0.3, 0.4) is 0 Å². The Morgan fingerprint density at radius 3 is 2.55 bits per heavy atom. The summed E-state index contributed by atoms with van der Waals surface area (Å²) >= 11 is 1.69. The Morgan fingerprint density at radius 2 is 2.00 bits per heavy atom. The highest BCUT2D eigenvalue weighted by atomic mass is 32.2. The summed E-state index contributed by atoms with van der Waals surface area (Å²) in [6, 6.07) is 6.20. The first kappa shape index (κ1) is 14.9. The standard InChI is InChI=1S/C14H17NO4S/c1-20-8-9-2-4-10(5-3-9)13(17)15-7-11(16)6-12(15)14(18)19/h2-5,11-12,16H,6-8H2,1H3,(H,18,19)/t11-,12-/m0/s1. The Morgan fingerprint density at radius 1 is 1.35 bits per heavy atom. The molecule has 1 saturated heterocycles. The first-order chi connectivity index (χ1) is 9.52. The van der Waals surface area contributed by atoms with Gasteiger partial charge in [0.25, 0.3) is 5.91 Å². The number of carbonyl (C=O) groups is 2. The summed E-state index contributed by atoms with van der Waals surface area (Å²) in [4.78, 5) is 24.7. The summed E-state index contributed by atoms with van der Waals surface area (Å²) < 4.78 is 0. The number of thioether (sulfide) groups is 1. The van der Waals surface area contributed by atoms with Gasteiger partial charge in [-0.15, -0.1) is 0 Å². The fourth-order valence-corrected chi connectivity index (χ4v) is 2.87. The number of benzene rings is 1. The quantitative estimate of drug-likeness (QED) is 0.873. The van der Waals surface area contributed by atoms with Crippen molar-refractivity contribution < 1.29 is 19.8 Å². The van der Waals surface area contributed by atoms with Gasteiger partial charge in [0.15, 0.2) is 0 Å². The van der Waals surface area contributed by atoms with Crippen LogP contribution >= 0.6 is 11.8 Å². The normalized spacial score (nSPS) is 22.0. The monoisotopic (exact) mass is 295 g/mol. The SMILES string of the molecule is CSCc1ccc(C(=O)N2C[C@@H](O)C[C@H]2C(=O)O)cc1. The number of aliphatic hydroxyl groups excluding tert-OH is 1. The summed E-state index contributed by atoms with van der Waals surface area (Å²) in [7, 11) is 0. The molecule has 1 heterocycles. The largest absolute Gasteiger partial charge is 0.480 e. The molecule has 1 aromatic carbocycles. The van der Waals surface area contributed by atoms with Crippen LogP contribution in [0.15, 0.2) is 24.3 Å². The van der Waals surface area contributed by atoms with Crippen molar-refractivity contribution in [3.63, 3.8) is 0 Å². The van der Waals surface area contributed by atoms with Crippen LogP contribution in [0.5, 0.6) is 0 Å². The predicted molar refractivity (Wildman–Crippen MR) is 76.7 cm³/mol. The third-order valence-electron chi connectivity index (χ3n) is 3.34. The average Bonchev–Trinajstić information content (AvgIpc) is 2.81. The number of aliphatic hydroxyl groups is 1. The molecule has 1 aliphatic rings. The minimum atomic E-state index is -1.08. The second kappa shape index (κ2) is 6.28. The van der Waals surface area contributed by atoms with Crippen LogP contribution in [0.1, 0.15) is 22.3 Å². The van der Waals surface area contributed by atoms with E-state index >= 15 is 0 Å². The van der Waals surface area contributed by atoms with E-state index in [9.17, 15) is 14.7 Å². The average molecular weight is 295 g/mol. The zero-order chi connectivity index (χ0) is 14.7. The van der Waals surface area contributed by atoms with Gasteiger partial charge in [-0.1, -0.05) is 12.1 Å². The van der Waals surface area contributed by atoms with Gasteiger partial charge in [0, 0.05) is 24.3 Å². The number of amides is 1. The molecule has 1 aromatic rings. The van der Waals surface area contributed by atoms with Gasteiger partial charge in [0.2, 0.25) is 0 Å². The van der Waals surface area contributed by atoms with E-state index in [1.165, 1.54) is 4.90 Å². The Kier molecular flexibility index (Phi) is 4.67. The van der Waals surface area contributed by atoms with E-state index in [1.54, 1.807) is 23.9 Å². The van der Waals surface area contributed by atoms with E-state index in [-0.39, 0.29) is 18.9 Å². The van der Waals surface area contributed by atoms with E-state index in [0.717, 1.165) is 11.3 Å². The topological polar surface area (TPSA) is 77.8 Å². The maximum atomic E-state index is 12.3. The smallest absolute Gasteiger partial charge is 0.326 e. The van der Waals surface area contributed by atoms with E-state index < -0.39 is 18.1 Å². The first-order valence-electron chi connectivity index (χ1n) is 6.32. The third kappa shape index (κ3) is 3.13. The maximum absolute atomic E-state index is 12.3. The van der Waals surface area contributed by atoms with Crippen molar-refractivity contribution >= 4 is 23.6 Å². The molecule has 0 spiro atoms. The number of aliphatic carboxylic acids is 1. The van der Waals surface area contributed by atoms with Gasteiger partial charge < -0.3 is 15.1 Å². The summed E-state index contributed by atoms with van der Waals surface area (Å²) in [5.41, 5.74) is 1.57. The predicted octanol–water partition coefficient (Wildman–Crippen LogP) is 1.21. The molecular weight excluding hydrogens is 278 g/mol. The number of hydrogen-bond acceptors (Lipinski definition) is 4. The van der Waals surface area contributed by atoms with Gasteiger partial charge in [0.05, 0.1) is 6.10 Å². The fraction of sp³-hybridized carbons (Fsp3) is 0.429. The van der Waals surface area contributed by atoms with Crippen LogP contribution in [0.4, 0.5) is 0 Å². The van der Waals surface area contributed by atoms with Crippen molar-refractivity contribution in [3.05, 3.63) is 35.4 Å². The number of hydrogen-bond donors (Lipinski definition) is 2. The number of likely N-dealkylation sites (tertiary alicyclic amines) is 1. The zero-order valence-corrected chi connectivity index (χ0v) is 12.0. The number of rotatable bonds is 4. The van der Waals surface area contributed by atoms with Crippen molar-refractivity contribution in [1.82, 2.24) is 4.90 Å². The number of nitrogens with zero attached hydrogens (tertiary/aromatic N) is 1. The van der Waals surface area contributed by atoms with Crippen LogP contribution < -0.4 is 0 Å². The van der Waals surface area contributed by atoms with Crippen LogP contribution in [0.25, 0.3) is 0 Å². The van der Waals surface area contributed by atoms with Crippen molar-refractivity contribution in [2.45, 2.75) is 24.3 Å². The lowest BCUT2D eigenvalue weighted by Gasteiger charge is -2.21. The Labute approximate surface area is 121 Å². The molecule has 1 amide bonds. The summed E-state index contributed by atoms with van der Waals surface area (Å²) in [6.07, 6.45) is 1.32. The maximum Gasteiger partial charge on any atom is 0.326 e. The molecule has 20 heavy (non-hydrogen) atoms. The van der Waals surface area contributed by atoms with Crippen LogP contribution in [-0.4, -0.2) is 51.9 Å². The van der Waals surface area contributed by atoms with Crippen molar-refractivity contribution in [1.29, 1.82) is 0 Å². The van der Waals surface area contributed by atoms with Crippen molar-refractivity contribution in [2.24, 2.45) is 0 Å². The lowest BCUT2D eigenvalue weighted by atomic mass is 10.1. The molecule has 0 aromatic heterocycles. The van der Waals surface area contributed by atoms with Crippen LogP contribution in [-0.2, 0) is 10.5 Å². The van der Waals surface area contributed by atoms with E-state index in [2.05, 4.69) is 0 Å². The molecule has 2 N–H and O–H groups in total. The van der Waals surface area contributed by atoms with Gasteiger partial charge in [0.1, 0.15) is 6.04 Å². The highest BCUT2D eigenvalue weighted by molar-refractivity contribution is 7.97. The molecule has 2 rings (SSSR count). The molecule has 5 nitrogen and oxygen atoms in total. The molecular formula is C14H17NO4S. The minimum Gasteiger partial charge on any atom is -0.480 e. The lowest BCUT2D eigenvalue weighted by molar-refractivity contribution is -0.141. The third-order valence-corrected chi connectivity index (χ3v) is 3.96. The van der Waals surface area contributed by atoms with Gasteiger partial charge in [-0.05, 0) is 24.0 Å². The highest BCUT2D eigenvalue weighted by Gasteiger charge is 2.39. The minimum absolute atomic E-state index is 0.0718. The van der Waals surface area contributed by atoms with Gasteiger partial charge in [-0.2, -0.15) is 11.8 Å². The van der Waals surface area contributed by atoms with Crippen LogP contribution in [0.2, 0.25) is 0 Å². The van der Waals surface area contributed by atoms with E-state index in [4.69, 9.17) is 5.11 Å². The molecule has 2 atom stereocenters. The molecule has 0 saturated carbocycles. The molecule has 0 unspecified atom stereocenters. The second-order valence-electron chi connectivity index (χ2n) is 4.83. The number of β-amino-alcohol motifs (C(OH)–C–C–N with tert-alkyl or cyclic N) is 1. The molecule has 6 heteroatoms. The number of carbonyl (C=O) groups excluding carboxylic acids is 1. The van der Waals surface area contributed by atoms with Crippen molar-refractivity contribution in [2.75, 3.05) is 12.8 Å². The lowest BCUT2D eigenvalue weighted by Crippen LogP contribution is -2.40. The molecule has 108 valence electrons.